The standard InChI is InChI=1S/C16H25N3/c1-2-8-17-15-4-3-5-16(19-15)18-11-14-10-12-6-7-13(14)9-12/h3-5,12-14H,2,6-11H2,1H3,(H2,17,18,19). The van der Waals surface area contributed by atoms with Crippen molar-refractivity contribution in [2.75, 3.05) is 23.7 Å². The fourth-order valence-corrected chi connectivity index (χ4v) is 3.75. The summed E-state index contributed by atoms with van der Waals surface area (Å²) >= 11 is 0. The van der Waals surface area contributed by atoms with E-state index in [2.05, 4.69) is 34.7 Å². The lowest BCUT2D eigenvalue weighted by Crippen LogP contribution is -2.20. The molecule has 2 aliphatic carbocycles. The molecule has 2 bridgehead atoms. The highest BCUT2D eigenvalue weighted by Crippen LogP contribution is 2.48. The summed E-state index contributed by atoms with van der Waals surface area (Å²) in [5.41, 5.74) is 0. The Bertz CT molecular complexity index is 418. The second-order valence-electron chi connectivity index (χ2n) is 6.15. The van der Waals surface area contributed by atoms with E-state index < -0.39 is 0 Å². The van der Waals surface area contributed by atoms with Crippen LogP contribution in [0.4, 0.5) is 11.6 Å². The first-order valence-corrected chi connectivity index (χ1v) is 7.80. The van der Waals surface area contributed by atoms with Gasteiger partial charge in [-0.1, -0.05) is 19.4 Å². The monoisotopic (exact) mass is 259 g/mol. The Morgan fingerprint density at radius 3 is 2.68 bits per heavy atom. The first kappa shape index (κ1) is 12.8. The minimum atomic E-state index is 0.882. The fraction of sp³-hybridized carbons (Fsp3) is 0.688. The van der Waals surface area contributed by atoms with Crippen molar-refractivity contribution in [3.63, 3.8) is 0 Å². The maximum atomic E-state index is 4.61. The molecule has 0 aromatic carbocycles. The van der Waals surface area contributed by atoms with Crippen molar-refractivity contribution >= 4 is 11.6 Å². The molecule has 0 radical (unpaired) electrons. The number of aromatic nitrogens is 1. The molecule has 0 saturated heterocycles. The molecule has 0 aliphatic heterocycles. The van der Waals surface area contributed by atoms with Crippen LogP contribution < -0.4 is 10.6 Å². The summed E-state index contributed by atoms with van der Waals surface area (Å²) in [6.07, 6.45) is 6.99. The second kappa shape index (κ2) is 5.81. The predicted octanol–water partition coefficient (Wildman–Crippen LogP) is 3.75. The lowest BCUT2D eigenvalue weighted by molar-refractivity contribution is 0.348. The van der Waals surface area contributed by atoms with Crippen molar-refractivity contribution in [3.8, 4) is 0 Å². The van der Waals surface area contributed by atoms with E-state index in [0.29, 0.717) is 0 Å². The van der Waals surface area contributed by atoms with Crippen LogP contribution in [-0.4, -0.2) is 18.1 Å². The van der Waals surface area contributed by atoms with Gasteiger partial charge >= 0.3 is 0 Å². The van der Waals surface area contributed by atoms with Crippen LogP contribution in [0.15, 0.2) is 18.2 Å². The summed E-state index contributed by atoms with van der Waals surface area (Å²) in [6, 6.07) is 6.19. The molecule has 3 nitrogen and oxygen atoms in total. The van der Waals surface area contributed by atoms with E-state index in [-0.39, 0.29) is 0 Å². The molecule has 19 heavy (non-hydrogen) atoms. The quantitative estimate of drug-likeness (QED) is 0.817. The normalized spacial score (nSPS) is 28.6. The Morgan fingerprint density at radius 2 is 2.00 bits per heavy atom. The predicted molar refractivity (Wildman–Crippen MR) is 80.4 cm³/mol. The number of anilines is 2. The minimum absolute atomic E-state index is 0.882. The van der Waals surface area contributed by atoms with Crippen LogP contribution in [0.3, 0.4) is 0 Å². The molecule has 3 rings (SSSR count). The Balaban J connectivity index is 1.52. The smallest absolute Gasteiger partial charge is 0.128 e. The second-order valence-corrected chi connectivity index (χ2v) is 6.15. The van der Waals surface area contributed by atoms with Gasteiger partial charge in [-0.3, -0.25) is 0 Å². The van der Waals surface area contributed by atoms with Crippen molar-refractivity contribution < 1.29 is 0 Å². The largest absolute Gasteiger partial charge is 0.370 e. The lowest BCUT2D eigenvalue weighted by Gasteiger charge is -2.22. The zero-order chi connectivity index (χ0) is 13.1. The number of hydrogen-bond acceptors (Lipinski definition) is 3. The van der Waals surface area contributed by atoms with Gasteiger partial charge in [-0.05, 0) is 55.6 Å². The summed E-state index contributed by atoms with van der Waals surface area (Å²) in [6.45, 7) is 4.26. The maximum Gasteiger partial charge on any atom is 0.128 e. The number of nitrogens with one attached hydrogen (secondary N) is 2. The van der Waals surface area contributed by atoms with Crippen molar-refractivity contribution in [3.05, 3.63) is 18.2 Å². The highest BCUT2D eigenvalue weighted by Gasteiger charge is 2.38. The molecule has 0 spiro atoms. The first-order chi connectivity index (χ1) is 9.35. The van der Waals surface area contributed by atoms with Crippen LogP contribution in [0, 0.1) is 17.8 Å². The van der Waals surface area contributed by atoms with E-state index in [9.17, 15) is 0 Å². The van der Waals surface area contributed by atoms with Gasteiger partial charge in [0.1, 0.15) is 11.6 Å². The summed E-state index contributed by atoms with van der Waals surface area (Å²) in [5.74, 6) is 4.90. The van der Waals surface area contributed by atoms with Crippen molar-refractivity contribution in [1.82, 2.24) is 4.98 Å². The molecule has 104 valence electrons. The van der Waals surface area contributed by atoms with E-state index in [1.54, 1.807) is 0 Å². The number of fused-ring (bicyclic) bond motifs is 2. The molecule has 1 heterocycles. The Kier molecular flexibility index (Phi) is 3.90. The molecule has 1 aromatic heterocycles. The third-order valence-corrected chi connectivity index (χ3v) is 4.74. The van der Waals surface area contributed by atoms with Crippen LogP contribution in [0.25, 0.3) is 0 Å². The summed E-state index contributed by atoms with van der Waals surface area (Å²) < 4.78 is 0. The third kappa shape index (κ3) is 3.02. The molecule has 2 N–H and O–H groups in total. The molecule has 3 heteroatoms. The van der Waals surface area contributed by atoms with Crippen molar-refractivity contribution in [2.24, 2.45) is 17.8 Å². The summed E-state index contributed by atoms with van der Waals surface area (Å²) in [7, 11) is 0. The van der Waals surface area contributed by atoms with Crippen LogP contribution in [0.2, 0.25) is 0 Å². The van der Waals surface area contributed by atoms with Gasteiger partial charge in [0.15, 0.2) is 0 Å². The molecule has 0 amide bonds. The zero-order valence-corrected chi connectivity index (χ0v) is 11.9. The number of pyridine rings is 1. The molecule has 2 aliphatic rings. The highest BCUT2D eigenvalue weighted by atomic mass is 15.1. The van der Waals surface area contributed by atoms with Gasteiger partial charge in [-0.2, -0.15) is 0 Å². The van der Waals surface area contributed by atoms with Gasteiger partial charge in [-0.15, -0.1) is 0 Å². The van der Waals surface area contributed by atoms with Crippen LogP contribution >= 0.6 is 0 Å². The van der Waals surface area contributed by atoms with Crippen molar-refractivity contribution in [2.45, 2.75) is 39.0 Å². The van der Waals surface area contributed by atoms with E-state index >= 15 is 0 Å². The third-order valence-electron chi connectivity index (χ3n) is 4.74. The van der Waals surface area contributed by atoms with Crippen LogP contribution in [-0.2, 0) is 0 Å². The van der Waals surface area contributed by atoms with Gasteiger partial charge in [0, 0.05) is 13.1 Å². The average molecular weight is 259 g/mol. The Labute approximate surface area is 116 Å². The molecule has 2 saturated carbocycles. The molecular weight excluding hydrogens is 234 g/mol. The van der Waals surface area contributed by atoms with Gasteiger partial charge in [0.2, 0.25) is 0 Å². The zero-order valence-electron chi connectivity index (χ0n) is 11.9. The molecule has 2 fully saturated rings. The van der Waals surface area contributed by atoms with Crippen LogP contribution in [0.1, 0.15) is 39.0 Å². The molecule has 1 aromatic rings. The first-order valence-electron chi connectivity index (χ1n) is 7.80. The summed E-state index contributed by atoms with van der Waals surface area (Å²) in [5, 5.41) is 6.88. The molecule has 3 unspecified atom stereocenters. The lowest BCUT2D eigenvalue weighted by atomic mass is 9.89. The van der Waals surface area contributed by atoms with E-state index in [4.69, 9.17) is 0 Å². The fourth-order valence-electron chi connectivity index (χ4n) is 3.75. The van der Waals surface area contributed by atoms with Gasteiger partial charge < -0.3 is 10.6 Å². The number of nitrogens with zero attached hydrogens (tertiary/aromatic N) is 1. The van der Waals surface area contributed by atoms with Crippen molar-refractivity contribution in [1.29, 1.82) is 0 Å². The number of hydrogen-bond donors (Lipinski definition) is 2. The Hall–Kier alpha value is -1.25. The summed E-state index contributed by atoms with van der Waals surface area (Å²) in [4.78, 5) is 4.61. The molecule has 3 atom stereocenters. The maximum absolute atomic E-state index is 4.61. The topological polar surface area (TPSA) is 37.0 Å². The highest BCUT2D eigenvalue weighted by molar-refractivity contribution is 5.45. The average Bonchev–Trinajstić information content (AvgIpc) is 3.06. The molecular formula is C16H25N3. The van der Waals surface area contributed by atoms with Gasteiger partial charge in [0.25, 0.3) is 0 Å². The van der Waals surface area contributed by atoms with E-state index in [1.807, 2.05) is 6.07 Å². The minimum Gasteiger partial charge on any atom is -0.370 e. The Morgan fingerprint density at radius 1 is 1.16 bits per heavy atom. The van der Waals surface area contributed by atoms with Crippen LogP contribution in [0.5, 0.6) is 0 Å². The van der Waals surface area contributed by atoms with Gasteiger partial charge in [0.05, 0.1) is 0 Å². The number of rotatable bonds is 6. The van der Waals surface area contributed by atoms with E-state index in [1.165, 1.54) is 25.7 Å². The SMILES string of the molecule is CCCNc1cccc(NCC2CC3CCC2C3)n1. The van der Waals surface area contributed by atoms with E-state index in [0.717, 1.165) is 48.9 Å². The van der Waals surface area contributed by atoms with Gasteiger partial charge in [-0.25, -0.2) is 4.98 Å².